The standard InChI is InChI=1S/C24H25N5O2/c30-22(29-15-13-28(14-16-29)21-9-5-2-6-10-21)11-12-25-24(31)20-17-26-23(27-18-20)19-7-3-1-4-8-19/h1-10,17-18H,11-16H2,(H,25,31). The summed E-state index contributed by atoms with van der Waals surface area (Å²) >= 11 is 0. The van der Waals surface area contributed by atoms with Gasteiger partial charge in [0.1, 0.15) is 0 Å². The van der Waals surface area contributed by atoms with E-state index in [0.717, 1.165) is 18.7 Å². The summed E-state index contributed by atoms with van der Waals surface area (Å²) < 4.78 is 0. The van der Waals surface area contributed by atoms with Crippen molar-refractivity contribution in [1.29, 1.82) is 0 Å². The van der Waals surface area contributed by atoms with Crippen LogP contribution in [-0.4, -0.2) is 59.4 Å². The molecule has 1 fully saturated rings. The van der Waals surface area contributed by atoms with Gasteiger partial charge in [-0.3, -0.25) is 9.59 Å². The normalized spacial score (nSPS) is 13.7. The lowest BCUT2D eigenvalue weighted by Crippen LogP contribution is -2.49. The second-order valence-electron chi connectivity index (χ2n) is 7.37. The minimum atomic E-state index is -0.277. The average molecular weight is 415 g/mol. The highest BCUT2D eigenvalue weighted by Gasteiger charge is 2.21. The van der Waals surface area contributed by atoms with Crippen LogP contribution in [0.4, 0.5) is 5.69 Å². The quantitative estimate of drug-likeness (QED) is 0.670. The second-order valence-corrected chi connectivity index (χ2v) is 7.37. The zero-order chi connectivity index (χ0) is 21.5. The van der Waals surface area contributed by atoms with E-state index < -0.39 is 0 Å². The van der Waals surface area contributed by atoms with Gasteiger partial charge in [0, 0.05) is 62.8 Å². The molecule has 0 bridgehead atoms. The van der Waals surface area contributed by atoms with Crippen molar-refractivity contribution in [1.82, 2.24) is 20.2 Å². The first-order chi connectivity index (χ1) is 15.2. The molecule has 7 nitrogen and oxygen atoms in total. The maximum atomic E-state index is 12.5. The number of rotatable bonds is 6. The number of piperazine rings is 1. The Balaban J connectivity index is 1.21. The van der Waals surface area contributed by atoms with E-state index in [1.807, 2.05) is 53.4 Å². The average Bonchev–Trinajstić information content (AvgIpc) is 2.85. The van der Waals surface area contributed by atoms with Crippen LogP contribution in [0.1, 0.15) is 16.8 Å². The highest BCUT2D eigenvalue weighted by Crippen LogP contribution is 2.16. The van der Waals surface area contributed by atoms with Gasteiger partial charge in [-0.1, -0.05) is 48.5 Å². The van der Waals surface area contributed by atoms with Crippen molar-refractivity contribution in [3.8, 4) is 11.4 Å². The predicted octanol–water partition coefficient (Wildman–Crippen LogP) is 2.61. The Bertz CT molecular complexity index is 1000. The van der Waals surface area contributed by atoms with E-state index >= 15 is 0 Å². The summed E-state index contributed by atoms with van der Waals surface area (Å²) in [5, 5.41) is 2.79. The van der Waals surface area contributed by atoms with Gasteiger partial charge in [0.25, 0.3) is 5.91 Å². The van der Waals surface area contributed by atoms with Crippen LogP contribution in [0.25, 0.3) is 11.4 Å². The number of aromatic nitrogens is 2. The number of nitrogens with zero attached hydrogens (tertiary/aromatic N) is 4. The second kappa shape index (κ2) is 9.84. The van der Waals surface area contributed by atoms with Gasteiger partial charge >= 0.3 is 0 Å². The molecule has 0 saturated carbocycles. The summed E-state index contributed by atoms with van der Waals surface area (Å²) in [6.07, 6.45) is 3.30. The summed E-state index contributed by atoms with van der Waals surface area (Å²) in [5.41, 5.74) is 2.46. The molecule has 1 saturated heterocycles. The van der Waals surface area contributed by atoms with Crippen LogP contribution in [0.15, 0.2) is 73.1 Å². The maximum absolute atomic E-state index is 12.5. The van der Waals surface area contributed by atoms with E-state index in [4.69, 9.17) is 0 Å². The molecule has 2 amide bonds. The molecular weight excluding hydrogens is 390 g/mol. The number of anilines is 1. The number of benzene rings is 2. The molecule has 0 radical (unpaired) electrons. The predicted molar refractivity (Wildman–Crippen MR) is 120 cm³/mol. The highest BCUT2D eigenvalue weighted by atomic mass is 16.2. The van der Waals surface area contributed by atoms with Gasteiger partial charge in [0.05, 0.1) is 5.56 Å². The first-order valence-corrected chi connectivity index (χ1v) is 10.4. The molecule has 0 atom stereocenters. The lowest BCUT2D eigenvalue weighted by atomic mass is 10.2. The van der Waals surface area contributed by atoms with Gasteiger partial charge in [-0.05, 0) is 12.1 Å². The van der Waals surface area contributed by atoms with E-state index in [1.54, 1.807) is 0 Å². The molecule has 2 aromatic carbocycles. The Labute approximate surface area is 181 Å². The molecular formula is C24H25N5O2. The van der Waals surface area contributed by atoms with Crippen LogP contribution in [-0.2, 0) is 4.79 Å². The number of carbonyl (C=O) groups is 2. The number of carbonyl (C=O) groups excluding carboxylic acids is 2. The van der Waals surface area contributed by atoms with Gasteiger partial charge in [0.2, 0.25) is 5.91 Å². The molecule has 1 N–H and O–H groups in total. The summed E-state index contributed by atoms with van der Waals surface area (Å²) in [6.45, 7) is 3.30. The SMILES string of the molecule is O=C(NCCC(=O)N1CCN(c2ccccc2)CC1)c1cnc(-c2ccccc2)nc1. The summed E-state index contributed by atoms with van der Waals surface area (Å²) in [7, 11) is 0. The molecule has 2 heterocycles. The molecule has 4 rings (SSSR count). The number of para-hydroxylation sites is 1. The van der Waals surface area contributed by atoms with Crippen molar-refractivity contribution in [2.45, 2.75) is 6.42 Å². The topological polar surface area (TPSA) is 78.4 Å². The highest BCUT2D eigenvalue weighted by molar-refractivity contribution is 5.94. The van der Waals surface area contributed by atoms with Crippen molar-refractivity contribution in [2.75, 3.05) is 37.6 Å². The van der Waals surface area contributed by atoms with Crippen LogP contribution in [0, 0.1) is 0 Å². The molecule has 1 aliphatic rings. The van der Waals surface area contributed by atoms with Crippen LogP contribution in [0.5, 0.6) is 0 Å². The van der Waals surface area contributed by atoms with Crippen molar-refractivity contribution >= 4 is 17.5 Å². The van der Waals surface area contributed by atoms with E-state index in [9.17, 15) is 9.59 Å². The van der Waals surface area contributed by atoms with Gasteiger partial charge in [-0.2, -0.15) is 0 Å². The van der Waals surface area contributed by atoms with E-state index in [-0.39, 0.29) is 24.8 Å². The molecule has 158 valence electrons. The first-order valence-electron chi connectivity index (χ1n) is 10.4. The number of nitrogens with one attached hydrogen (secondary N) is 1. The summed E-state index contributed by atoms with van der Waals surface area (Å²) in [6, 6.07) is 19.8. The lowest BCUT2D eigenvalue weighted by molar-refractivity contribution is -0.131. The fourth-order valence-electron chi connectivity index (χ4n) is 3.58. The molecule has 7 heteroatoms. The number of hydrogen-bond donors (Lipinski definition) is 1. The third-order valence-corrected chi connectivity index (χ3v) is 5.32. The van der Waals surface area contributed by atoms with E-state index in [2.05, 4.69) is 32.3 Å². The molecule has 31 heavy (non-hydrogen) atoms. The molecule has 0 aliphatic carbocycles. The van der Waals surface area contributed by atoms with Gasteiger partial charge in [-0.15, -0.1) is 0 Å². The fourth-order valence-corrected chi connectivity index (χ4v) is 3.58. The van der Waals surface area contributed by atoms with Gasteiger partial charge in [0.15, 0.2) is 5.82 Å². The Morgan fingerprint density at radius 1 is 0.839 bits per heavy atom. The molecule has 0 spiro atoms. The van der Waals surface area contributed by atoms with Gasteiger partial charge in [-0.25, -0.2) is 9.97 Å². The number of hydrogen-bond acceptors (Lipinski definition) is 5. The Morgan fingerprint density at radius 2 is 1.45 bits per heavy atom. The zero-order valence-electron chi connectivity index (χ0n) is 17.3. The Morgan fingerprint density at radius 3 is 2.10 bits per heavy atom. The molecule has 0 unspecified atom stereocenters. The van der Waals surface area contributed by atoms with E-state index in [1.165, 1.54) is 18.1 Å². The third-order valence-electron chi connectivity index (χ3n) is 5.32. The Kier molecular flexibility index (Phi) is 6.52. The Hall–Kier alpha value is -3.74. The van der Waals surface area contributed by atoms with E-state index in [0.29, 0.717) is 24.5 Å². The monoisotopic (exact) mass is 415 g/mol. The van der Waals surface area contributed by atoms with Crippen molar-refractivity contribution < 1.29 is 9.59 Å². The van der Waals surface area contributed by atoms with Crippen molar-refractivity contribution in [3.63, 3.8) is 0 Å². The van der Waals surface area contributed by atoms with Gasteiger partial charge < -0.3 is 15.1 Å². The van der Waals surface area contributed by atoms with Crippen LogP contribution < -0.4 is 10.2 Å². The smallest absolute Gasteiger partial charge is 0.254 e. The third kappa shape index (κ3) is 5.25. The summed E-state index contributed by atoms with van der Waals surface area (Å²) in [5.74, 6) is 0.354. The first kappa shape index (κ1) is 20.5. The van der Waals surface area contributed by atoms with Crippen molar-refractivity contribution in [3.05, 3.63) is 78.6 Å². The number of amides is 2. The molecule has 1 aliphatic heterocycles. The summed E-state index contributed by atoms with van der Waals surface area (Å²) in [4.78, 5) is 37.5. The molecule has 1 aromatic heterocycles. The largest absolute Gasteiger partial charge is 0.368 e. The zero-order valence-corrected chi connectivity index (χ0v) is 17.3. The van der Waals surface area contributed by atoms with Crippen LogP contribution in [0.3, 0.4) is 0 Å². The van der Waals surface area contributed by atoms with Crippen LogP contribution >= 0.6 is 0 Å². The molecule has 3 aromatic rings. The minimum absolute atomic E-state index is 0.0590. The van der Waals surface area contributed by atoms with Crippen LogP contribution in [0.2, 0.25) is 0 Å². The van der Waals surface area contributed by atoms with Crippen molar-refractivity contribution in [2.24, 2.45) is 0 Å². The lowest BCUT2D eigenvalue weighted by Gasteiger charge is -2.36. The fraction of sp³-hybridized carbons (Fsp3) is 0.250. The maximum Gasteiger partial charge on any atom is 0.254 e. The minimum Gasteiger partial charge on any atom is -0.368 e.